The van der Waals surface area contributed by atoms with Crippen LogP contribution >= 0.6 is 11.3 Å². The summed E-state index contributed by atoms with van der Waals surface area (Å²) < 4.78 is 26.3. The van der Waals surface area contributed by atoms with Crippen molar-refractivity contribution < 1.29 is 13.6 Å². The number of alkyl halides is 2. The van der Waals surface area contributed by atoms with Crippen LogP contribution in [-0.4, -0.2) is 56.3 Å². The van der Waals surface area contributed by atoms with Crippen molar-refractivity contribution >= 4 is 34.7 Å². The number of nitrogens with zero attached hydrogens (tertiary/aromatic N) is 5. The molecule has 2 aliphatic rings. The summed E-state index contributed by atoms with van der Waals surface area (Å²) in [5.41, 5.74) is 3.98. The van der Waals surface area contributed by atoms with Gasteiger partial charge in [0.2, 0.25) is 5.95 Å². The number of nitrogens with one attached hydrogen (secondary N) is 2. The normalized spacial score (nSPS) is 16.5. The molecule has 5 heterocycles. The zero-order valence-corrected chi connectivity index (χ0v) is 19.4. The molecule has 6 rings (SSSR count). The molecule has 1 amide bonds. The van der Waals surface area contributed by atoms with Crippen LogP contribution in [0.4, 0.5) is 26.2 Å². The zero-order chi connectivity index (χ0) is 24.0. The molecule has 11 heteroatoms. The van der Waals surface area contributed by atoms with Gasteiger partial charge in [-0.25, -0.2) is 18.7 Å². The van der Waals surface area contributed by atoms with Gasteiger partial charge in [0.05, 0.1) is 42.7 Å². The molecule has 0 spiro atoms. The van der Waals surface area contributed by atoms with Gasteiger partial charge >= 0.3 is 0 Å². The molecule has 178 valence electrons. The number of hydrogen-bond acceptors (Lipinski definition) is 7. The standard InChI is InChI=1S/C24H21F2N7OS/c25-24(26)12-33(13-24)22(34)19-9-16-6-8-32(11-20(16)35-19)23-28-7-5-21(31-23)30-17-3-1-15(2-4-17)18-10-27-14-29-18/h1-5,7,9-10,14H,6,8,11-13H2,(H,27,29)(H,28,30,31). The molecule has 1 saturated heterocycles. The van der Waals surface area contributed by atoms with Crippen LogP contribution in [0.25, 0.3) is 11.3 Å². The summed E-state index contributed by atoms with van der Waals surface area (Å²) in [5.74, 6) is -1.81. The molecule has 2 N–H and O–H groups in total. The first-order valence-electron chi connectivity index (χ1n) is 11.2. The van der Waals surface area contributed by atoms with E-state index < -0.39 is 19.0 Å². The van der Waals surface area contributed by atoms with Crippen LogP contribution in [0, 0.1) is 0 Å². The molecule has 35 heavy (non-hydrogen) atoms. The summed E-state index contributed by atoms with van der Waals surface area (Å²) in [6.07, 6.45) is 5.88. The minimum Gasteiger partial charge on any atom is -0.345 e. The predicted octanol–water partition coefficient (Wildman–Crippen LogP) is 4.33. The van der Waals surface area contributed by atoms with Crippen molar-refractivity contribution in [2.24, 2.45) is 0 Å². The van der Waals surface area contributed by atoms with E-state index in [2.05, 4.69) is 30.2 Å². The molecule has 0 atom stereocenters. The van der Waals surface area contributed by atoms with Crippen LogP contribution in [0.15, 0.2) is 55.1 Å². The molecule has 3 aromatic heterocycles. The largest absolute Gasteiger partial charge is 0.345 e. The Balaban J connectivity index is 1.13. The Kier molecular flexibility index (Phi) is 5.21. The molecular weight excluding hydrogens is 472 g/mol. The van der Waals surface area contributed by atoms with Gasteiger partial charge < -0.3 is 20.1 Å². The summed E-state index contributed by atoms with van der Waals surface area (Å²) in [6, 6.07) is 11.6. The molecule has 0 saturated carbocycles. The molecule has 1 aromatic carbocycles. The first kappa shape index (κ1) is 21.7. The van der Waals surface area contributed by atoms with E-state index in [1.807, 2.05) is 36.4 Å². The SMILES string of the molecule is O=C(c1cc2c(s1)CN(c1nccc(Nc3ccc(-c4cnc[nH]4)cc3)n1)CC2)N1CC(F)(F)C1. The predicted molar refractivity (Wildman–Crippen MR) is 129 cm³/mol. The second kappa shape index (κ2) is 8.42. The van der Waals surface area contributed by atoms with Gasteiger partial charge in [0, 0.05) is 23.3 Å². The van der Waals surface area contributed by atoms with E-state index in [4.69, 9.17) is 0 Å². The number of H-pyrrole nitrogens is 1. The number of imidazole rings is 1. The monoisotopic (exact) mass is 493 g/mol. The third-order valence-corrected chi connectivity index (χ3v) is 7.27. The average Bonchev–Trinajstić information content (AvgIpc) is 3.52. The Bertz CT molecular complexity index is 1360. The van der Waals surface area contributed by atoms with Crippen LogP contribution in [0.5, 0.6) is 0 Å². The van der Waals surface area contributed by atoms with Gasteiger partial charge in [-0.15, -0.1) is 11.3 Å². The van der Waals surface area contributed by atoms with E-state index in [1.54, 1.807) is 18.7 Å². The number of carbonyl (C=O) groups is 1. The molecule has 1 fully saturated rings. The van der Waals surface area contributed by atoms with Crippen molar-refractivity contribution in [2.45, 2.75) is 18.9 Å². The maximum Gasteiger partial charge on any atom is 0.282 e. The van der Waals surface area contributed by atoms with Gasteiger partial charge in [-0.1, -0.05) is 12.1 Å². The lowest BCUT2D eigenvalue weighted by molar-refractivity contribution is -0.112. The molecule has 0 unspecified atom stereocenters. The van der Waals surface area contributed by atoms with E-state index in [0.29, 0.717) is 29.7 Å². The van der Waals surface area contributed by atoms with Gasteiger partial charge in [0.1, 0.15) is 5.82 Å². The number of rotatable bonds is 5. The van der Waals surface area contributed by atoms with E-state index in [9.17, 15) is 13.6 Å². The molecule has 0 aliphatic carbocycles. The topological polar surface area (TPSA) is 90.0 Å². The van der Waals surface area contributed by atoms with E-state index in [0.717, 1.165) is 33.8 Å². The summed E-state index contributed by atoms with van der Waals surface area (Å²) >= 11 is 1.37. The summed E-state index contributed by atoms with van der Waals surface area (Å²) in [7, 11) is 0. The second-order valence-electron chi connectivity index (χ2n) is 8.66. The van der Waals surface area contributed by atoms with Crippen molar-refractivity contribution in [3.8, 4) is 11.3 Å². The third-order valence-electron chi connectivity index (χ3n) is 6.12. The van der Waals surface area contributed by atoms with Crippen LogP contribution in [0.3, 0.4) is 0 Å². The Hall–Kier alpha value is -3.86. The molecule has 0 radical (unpaired) electrons. The number of anilines is 3. The first-order valence-corrected chi connectivity index (χ1v) is 12.0. The number of fused-ring (bicyclic) bond motifs is 1. The number of hydrogen-bond donors (Lipinski definition) is 2. The molecule has 8 nitrogen and oxygen atoms in total. The van der Waals surface area contributed by atoms with Crippen LogP contribution < -0.4 is 10.2 Å². The average molecular weight is 494 g/mol. The van der Waals surface area contributed by atoms with Crippen molar-refractivity contribution in [3.05, 3.63) is 70.4 Å². The number of thiophene rings is 1. The number of likely N-dealkylation sites (tertiary alicyclic amines) is 1. The zero-order valence-electron chi connectivity index (χ0n) is 18.5. The third kappa shape index (κ3) is 4.34. The number of carbonyl (C=O) groups excluding carboxylic acids is 1. The van der Waals surface area contributed by atoms with Gasteiger partial charge in [-0.2, -0.15) is 4.98 Å². The number of amides is 1. The molecule has 0 bridgehead atoms. The number of aromatic amines is 1. The highest BCUT2D eigenvalue weighted by molar-refractivity contribution is 7.14. The Morgan fingerprint density at radius 1 is 1.17 bits per heavy atom. The number of benzene rings is 1. The Morgan fingerprint density at radius 2 is 2.00 bits per heavy atom. The summed E-state index contributed by atoms with van der Waals surface area (Å²) in [6.45, 7) is 0.285. The lowest BCUT2D eigenvalue weighted by Gasteiger charge is -2.38. The van der Waals surface area contributed by atoms with E-state index in [1.165, 1.54) is 16.2 Å². The maximum absolute atomic E-state index is 13.2. The van der Waals surface area contributed by atoms with Crippen molar-refractivity contribution in [3.63, 3.8) is 0 Å². The second-order valence-corrected chi connectivity index (χ2v) is 9.79. The summed E-state index contributed by atoms with van der Waals surface area (Å²) in [4.78, 5) is 33.6. The maximum atomic E-state index is 13.2. The highest BCUT2D eigenvalue weighted by Crippen LogP contribution is 2.34. The fourth-order valence-corrected chi connectivity index (χ4v) is 5.47. The van der Waals surface area contributed by atoms with E-state index in [-0.39, 0.29) is 5.91 Å². The highest BCUT2D eigenvalue weighted by Gasteiger charge is 2.46. The first-order chi connectivity index (χ1) is 16.9. The molecule has 2 aliphatic heterocycles. The smallest absolute Gasteiger partial charge is 0.282 e. The fraction of sp³-hybridized carbons (Fsp3) is 0.250. The Labute approximate surface area is 203 Å². The van der Waals surface area contributed by atoms with Crippen molar-refractivity contribution in [2.75, 3.05) is 29.9 Å². The van der Waals surface area contributed by atoms with Crippen LogP contribution in [0.2, 0.25) is 0 Å². The van der Waals surface area contributed by atoms with Crippen LogP contribution in [-0.2, 0) is 13.0 Å². The fourth-order valence-electron chi connectivity index (χ4n) is 4.27. The van der Waals surface area contributed by atoms with Crippen LogP contribution in [0.1, 0.15) is 20.1 Å². The van der Waals surface area contributed by atoms with Gasteiger partial charge in [-0.3, -0.25) is 4.79 Å². The number of halogens is 2. The van der Waals surface area contributed by atoms with E-state index >= 15 is 0 Å². The van der Waals surface area contributed by atoms with Gasteiger partial charge in [-0.05, 0) is 41.8 Å². The van der Waals surface area contributed by atoms with Crippen molar-refractivity contribution in [1.29, 1.82) is 0 Å². The number of aromatic nitrogens is 4. The van der Waals surface area contributed by atoms with Gasteiger partial charge in [0.25, 0.3) is 11.8 Å². The quantitative estimate of drug-likeness (QED) is 0.430. The summed E-state index contributed by atoms with van der Waals surface area (Å²) in [5, 5.41) is 3.31. The Morgan fingerprint density at radius 3 is 2.74 bits per heavy atom. The minimum absolute atomic E-state index is 0.317. The highest BCUT2D eigenvalue weighted by atomic mass is 32.1. The molecular formula is C24H21F2N7OS. The van der Waals surface area contributed by atoms with Gasteiger partial charge in [0.15, 0.2) is 0 Å². The lowest BCUT2D eigenvalue weighted by Crippen LogP contribution is -2.58. The minimum atomic E-state index is -2.76. The van der Waals surface area contributed by atoms with Crippen molar-refractivity contribution in [1.82, 2.24) is 24.8 Å². The molecule has 4 aromatic rings. The lowest BCUT2D eigenvalue weighted by atomic mass is 10.1.